The molecular weight excluding hydrogens is 291 g/mol. The summed E-state index contributed by atoms with van der Waals surface area (Å²) < 4.78 is 0. The van der Waals surface area contributed by atoms with Crippen molar-refractivity contribution < 1.29 is 14.7 Å². The molecule has 0 aliphatic heterocycles. The van der Waals surface area contributed by atoms with E-state index in [0.717, 1.165) is 12.8 Å². The number of rotatable bonds is 3. The number of aromatic nitrogens is 1. The van der Waals surface area contributed by atoms with Crippen LogP contribution in [0.1, 0.15) is 36.0 Å². The Hall–Kier alpha value is -1.33. The number of carboxylic acids is 1. The minimum absolute atomic E-state index is 0.0384. The average molecular weight is 303 g/mol. The Labute approximate surface area is 119 Å². The van der Waals surface area contributed by atoms with Crippen molar-refractivity contribution in [1.82, 2.24) is 10.3 Å². The minimum Gasteiger partial charge on any atom is -0.480 e. The molecule has 1 aromatic rings. The molecule has 7 heteroatoms. The second-order valence-corrected chi connectivity index (χ2v) is 5.27. The van der Waals surface area contributed by atoms with Gasteiger partial charge in [-0.25, -0.2) is 9.78 Å². The van der Waals surface area contributed by atoms with Crippen LogP contribution in [0.2, 0.25) is 10.3 Å². The molecule has 1 aliphatic rings. The van der Waals surface area contributed by atoms with Gasteiger partial charge in [0.1, 0.15) is 15.8 Å². The summed E-state index contributed by atoms with van der Waals surface area (Å²) in [6.45, 7) is 0. The third-order valence-corrected chi connectivity index (χ3v) is 3.78. The number of carboxylic acid groups (broad SMARTS) is 1. The predicted octanol–water partition coefficient (Wildman–Crippen LogP) is 2.52. The predicted molar refractivity (Wildman–Crippen MR) is 70.6 cm³/mol. The summed E-state index contributed by atoms with van der Waals surface area (Å²) >= 11 is 11.5. The first-order valence-electron chi connectivity index (χ1n) is 5.82. The lowest BCUT2D eigenvalue weighted by Crippen LogP contribution is -2.52. The Morgan fingerprint density at radius 2 is 1.89 bits per heavy atom. The van der Waals surface area contributed by atoms with Crippen molar-refractivity contribution in [3.05, 3.63) is 28.0 Å². The Morgan fingerprint density at radius 1 is 1.26 bits per heavy atom. The largest absolute Gasteiger partial charge is 0.480 e. The highest BCUT2D eigenvalue weighted by molar-refractivity contribution is 6.34. The van der Waals surface area contributed by atoms with Gasteiger partial charge < -0.3 is 10.4 Å². The molecule has 2 rings (SSSR count). The highest BCUT2D eigenvalue weighted by Crippen LogP contribution is 2.30. The number of nitrogens with zero attached hydrogens (tertiary/aromatic N) is 1. The van der Waals surface area contributed by atoms with Gasteiger partial charge in [0.05, 0.1) is 5.56 Å². The van der Waals surface area contributed by atoms with Crippen molar-refractivity contribution in [2.75, 3.05) is 0 Å². The molecule has 102 valence electrons. The van der Waals surface area contributed by atoms with E-state index in [-0.39, 0.29) is 15.9 Å². The lowest BCUT2D eigenvalue weighted by Gasteiger charge is -2.25. The van der Waals surface area contributed by atoms with Gasteiger partial charge in [-0.1, -0.05) is 36.0 Å². The van der Waals surface area contributed by atoms with Crippen LogP contribution in [0, 0.1) is 0 Å². The zero-order valence-electron chi connectivity index (χ0n) is 9.95. The molecule has 1 saturated carbocycles. The zero-order valence-corrected chi connectivity index (χ0v) is 11.5. The summed E-state index contributed by atoms with van der Waals surface area (Å²) in [6.07, 6.45) is 2.40. The number of halogens is 2. The second-order valence-electron chi connectivity index (χ2n) is 4.52. The van der Waals surface area contributed by atoms with E-state index in [1.807, 2.05) is 0 Å². The van der Waals surface area contributed by atoms with Gasteiger partial charge in [0.2, 0.25) is 0 Å². The van der Waals surface area contributed by atoms with E-state index >= 15 is 0 Å². The van der Waals surface area contributed by atoms with Gasteiger partial charge in [-0.05, 0) is 25.0 Å². The number of amides is 1. The lowest BCUT2D eigenvalue weighted by molar-refractivity contribution is -0.144. The van der Waals surface area contributed by atoms with E-state index in [9.17, 15) is 14.7 Å². The number of aliphatic carboxylic acids is 1. The molecule has 0 atom stereocenters. The molecule has 0 unspecified atom stereocenters. The fraction of sp³-hybridized carbons (Fsp3) is 0.417. The van der Waals surface area contributed by atoms with Crippen molar-refractivity contribution in [3.63, 3.8) is 0 Å². The van der Waals surface area contributed by atoms with Crippen LogP contribution in [-0.2, 0) is 4.79 Å². The summed E-state index contributed by atoms with van der Waals surface area (Å²) in [5, 5.41) is 12.0. The fourth-order valence-electron chi connectivity index (χ4n) is 2.24. The first-order chi connectivity index (χ1) is 8.94. The molecule has 0 saturated heterocycles. The number of pyridine rings is 1. The Morgan fingerprint density at radius 3 is 2.42 bits per heavy atom. The molecule has 1 amide bonds. The highest BCUT2D eigenvalue weighted by atomic mass is 35.5. The van der Waals surface area contributed by atoms with Crippen molar-refractivity contribution in [2.24, 2.45) is 0 Å². The van der Waals surface area contributed by atoms with E-state index in [1.165, 1.54) is 12.1 Å². The van der Waals surface area contributed by atoms with Crippen molar-refractivity contribution in [1.29, 1.82) is 0 Å². The maximum Gasteiger partial charge on any atom is 0.329 e. The maximum atomic E-state index is 12.1. The third kappa shape index (κ3) is 2.82. The normalized spacial score (nSPS) is 17.2. The van der Waals surface area contributed by atoms with Crippen LogP contribution < -0.4 is 5.32 Å². The molecule has 2 N–H and O–H groups in total. The van der Waals surface area contributed by atoms with Crippen LogP contribution in [0.25, 0.3) is 0 Å². The van der Waals surface area contributed by atoms with E-state index in [2.05, 4.69) is 10.3 Å². The highest BCUT2D eigenvalue weighted by Gasteiger charge is 2.42. The summed E-state index contributed by atoms with van der Waals surface area (Å²) in [7, 11) is 0. The Kier molecular flexibility index (Phi) is 3.96. The number of hydrogen-bond donors (Lipinski definition) is 2. The van der Waals surface area contributed by atoms with E-state index in [1.54, 1.807) is 0 Å². The summed E-state index contributed by atoms with van der Waals surface area (Å²) in [5.41, 5.74) is -1.07. The molecule has 5 nitrogen and oxygen atoms in total. The van der Waals surface area contributed by atoms with Crippen LogP contribution >= 0.6 is 23.2 Å². The summed E-state index contributed by atoms with van der Waals surface area (Å²) in [6, 6.07) is 2.86. The summed E-state index contributed by atoms with van der Waals surface area (Å²) in [4.78, 5) is 27.2. The SMILES string of the molecule is O=C(NC1(C(=O)O)CCCC1)c1ccc(Cl)nc1Cl. The second kappa shape index (κ2) is 5.35. The van der Waals surface area contributed by atoms with Crippen molar-refractivity contribution in [3.8, 4) is 0 Å². The molecule has 19 heavy (non-hydrogen) atoms. The Bertz CT molecular complexity index is 528. The maximum absolute atomic E-state index is 12.1. The average Bonchev–Trinajstić information content (AvgIpc) is 2.78. The molecule has 0 radical (unpaired) electrons. The minimum atomic E-state index is -1.19. The number of nitrogens with one attached hydrogen (secondary N) is 1. The van der Waals surface area contributed by atoms with E-state index in [0.29, 0.717) is 12.8 Å². The third-order valence-electron chi connectivity index (χ3n) is 3.28. The van der Waals surface area contributed by atoms with Gasteiger partial charge in [0.25, 0.3) is 5.91 Å². The van der Waals surface area contributed by atoms with Gasteiger partial charge in [-0.3, -0.25) is 4.79 Å². The summed E-state index contributed by atoms with van der Waals surface area (Å²) in [5.74, 6) is -1.56. The first-order valence-corrected chi connectivity index (χ1v) is 6.58. The monoisotopic (exact) mass is 302 g/mol. The van der Waals surface area contributed by atoms with Crippen molar-refractivity contribution in [2.45, 2.75) is 31.2 Å². The molecule has 1 fully saturated rings. The fourth-order valence-corrected chi connectivity index (χ4v) is 2.67. The standard InChI is InChI=1S/C12H12Cl2N2O3/c13-8-4-3-7(9(14)15-8)10(17)16-12(11(18)19)5-1-2-6-12/h3-4H,1-2,5-6H2,(H,16,17)(H,18,19). The van der Waals surface area contributed by atoms with E-state index < -0.39 is 17.4 Å². The molecule has 1 aliphatic carbocycles. The number of carbonyl (C=O) groups excluding carboxylic acids is 1. The van der Waals surface area contributed by atoms with Gasteiger partial charge >= 0.3 is 5.97 Å². The number of hydrogen-bond acceptors (Lipinski definition) is 3. The van der Waals surface area contributed by atoms with Gasteiger partial charge in [0, 0.05) is 0 Å². The molecule has 0 aromatic carbocycles. The van der Waals surface area contributed by atoms with Crippen LogP contribution in [0.5, 0.6) is 0 Å². The smallest absolute Gasteiger partial charge is 0.329 e. The molecule has 0 spiro atoms. The van der Waals surface area contributed by atoms with Crippen LogP contribution in [0.3, 0.4) is 0 Å². The van der Waals surface area contributed by atoms with E-state index in [4.69, 9.17) is 23.2 Å². The number of carbonyl (C=O) groups is 2. The first kappa shape index (κ1) is 14.1. The van der Waals surface area contributed by atoms with Gasteiger partial charge in [-0.15, -0.1) is 0 Å². The zero-order chi connectivity index (χ0) is 14.0. The van der Waals surface area contributed by atoms with Crippen LogP contribution in [0.4, 0.5) is 0 Å². The van der Waals surface area contributed by atoms with Gasteiger partial charge in [0.15, 0.2) is 0 Å². The Balaban J connectivity index is 2.22. The quantitative estimate of drug-likeness (QED) is 0.841. The molecular formula is C12H12Cl2N2O3. The molecule has 0 bridgehead atoms. The molecule has 1 heterocycles. The van der Waals surface area contributed by atoms with Crippen LogP contribution in [0.15, 0.2) is 12.1 Å². The van der Waals surface area contributed by atoms with Crippen LogP contribution in [-0.4, -0.2) is 27.5 Å². The van der Waals surface area contributed by atoms with Crippen molar-refractivity contribution >= 4 is 35.1 Å². The molecule has 1 aromatic heterocycles. The van der Waals surface area contributed by atoms with Gasteiger partial charge in [-0.2, -0.15) is 0 Å². The topological polar surface area (TPSA) is 79.3 Å². The lowest BCUT2D eigenvalue weighted by atomic mass is 9.97.